The summed E-state index contributed by atoms with van der Waals surface area (Å²) >= 11 is 0. The van der Waals surface area contributed by atoms with Gasteiger partial charge in [-0.1, -0.05) is 30.7 Å². The van der Waals surface area contributed by atoms with Gasteiger partial charge in [0.05, 0.1) is 13.2 Å². The van der Waals surface area contributed by atoms with Crippen molar-refractivity contribution >= 4 is 0 Å². The molecule has 0 aromatic heterocycles. The number of rotatable bonds is 7. The Morgan fingerprint density at radius 2 is 2.00 bits per heavy atom. The highest BCUT2D eigenvalue weighted by atomic mass is 16.5. The van der Waals surface area contributed by atoms with Crippen molar-refractivity contribution in [2.75, 3.05) is 26.3 Å². The molecule has 0 bridgehead atoms. The van der Waals surface area contributed by atoms with Gasteiger partial charge >= 0.3 is 0 Å². The summed E-state index contributed by atoms with van der Waals surface area (Å²) in [7, 11) is 0. The fourth-order valence-corrected chi connectivity index (χ4v) is 1.67. The van der Waals surface area contributed by atoms with Gasteiger partial charge in [0.25, 0.3) is 0 Å². The molecule has 1 rings (SSSR count). The van der Waals surface area contributed by atoms with Crippen LogP contribution in [0.1, 0.15) is 23.6 Å². The minimum Gasteiger partial charge on any atom is -0.380 e. The van der Waals surface area contributed by atoms with E-state index in [4.69, 9.17) is 4.74 Å². The topological polar surface area (TPSA) is 21.3 Å². The van der Waals surface area contributed by atoms with Crippen molar-refractivity contribution in [1.82, 2.24) is 5.32 Å². The number of ether oxygens (including phenoxy) is 1. The van der Waals surface area contributed by atoms with Gasteiger partial charge in [-0.15, -0.1) is 0 Å². The van der Waals surface area contributed by atoms with E-state index >= 15 is 0 Å². The third-order valence-corrected chi connectivity index (χ3v) is 2.69. The zero-order valence-corrected chi connectivity index (χ0v) is 10.7. The summed E-state index contributed by atoms with van der Waals surface area (Å²) in [6, 6.07) is 6.59. The largest absolute Gasteiger partial charge is 0.380 e. The van der Waals surface area contributed by atoms with E-state index in [0.717, 1.165) is 32.7 Å². The van der Waals surface area contributed by atoms with Gasteiger partial charge in [0.15, 0.2) is 0 Å². The molecule has 0 aliphatic rings. The maximum atomic E-state index is 5.57. The van der Waals surface area contributed by atoms with E-state index in [9.17, 15) is 0 Å². The third kappa shape index (κ3) is 4.77. The molecule has 0 spiro atoms. The van der Waals surface area contributed by atoms with E-state index in [0.29, 0.717) is 0 Å². The number of hydrogen-bond acceptors (Lipinski definition) is 2. The van der Waals surface area contributed by atoms with Crippen LogP contribution in [0.4, 0.5) is 0 Å². The van der Waals surface area contributed by atoms with Gasteiger partial charge in [-0.2, -0.15) is 0 Å². The maximum Gasteiger partial charge on any atom is 0.0591 e. The Bertz CT molecular complexity index is 310. The van der Waals surface area contributed by atoms with E-state index in [1.165, 1.54) is 16.7 Å². The first-order chi connectivity index (χ1) is 7.74. The highest BCUT2D eigenvalue weighted by Crippen LogP contribution is 2.11. The summed E-state index contributed by atoms with van der Waals surface area (Å²) in [5.74, 6) is 0. The van der Waals surface area contributed by atoms with Crippen LogP contribution in [-0.4, -0.2) is 26.3 Å². The second-order valence-corrected chi connectivity index (χ2v) is 4.15. The van der Waals surface area contributed by atoms with E-state index in [1.807, 2.05) is 0 Å². The van der Waals surface area contributed by atoms with Crippen molar-refractivity contribution in [1.29, 1.82) is 0 Å². The van der Waals surface area contributed by atoms with Crippen LogP contribution in [0.2, 0.25) is 0 Å². The Hall–Kier alpha value is -0.860. The second kappa shape index (κ2) is 7.42. The molecule has 0 saturated carbocycles. The van der Waals surface area contributed by atoms with Gasteiger partial charge in [-0.25, -0.2) is 0 Å². The Morgan fingerprint density at radius 1 is 1.19 bits per heavy atom. The van der Waals surface area contributed by atoms with Crippen LogP contribution >= 0.6 is 0 Å². The van der Waals surface area contributed by atoms with E-state index in [1.54, 1.807) is 0 Å². The van der Waals surface area contributed by atoms with Crippen molar-refractivity contribution < 1.29 is 4.74 Å². The minimum absolute atomic E-state index is 0.804. The third-order valence-electron chi connectivity index (χ3n) is 2.69. The molecule has 0 aliphatic carbocycles. The van der Waals surface area contributed by atoms with Gasteiger partial charge in [0, 0.05) is 6.54 Å². The lowest BCUT2D eigenvalue weighted by atomic mass is 10.0. The number of aryl methyl sites for hydroxylation is 2. The van der Waals surface area contributed by atoms with Gasteiger partial charge < -0.3 is 10.1 Å². The number of hydrogen-bond donors (Lipinski definition) is 1. The molecule has 16 heavy (non-hydrogen) atoms. The van der Waals surface area contributed by atoms with E-state index in [-0.39, 0.29) is 0 Å². The zero-order valence-electron chi connectivity index (χ0n) is 10.7. The van der Waals surface area contributed by atoms with Gasteiger partial charge in [-0.3, -0.25) is 0 Å². The highest BCUT2D eigenvalue weighted by molar-refractivity contribution is 5.30. The van der Waals surface area contributed by atoms with Crippen LogP contribution in [0.15, 0.2) is 18.2 Å². The minimum atomic E-state index is 0.804. The van der Waals surface area contributed by atoms with Crippen molar-refractivity contribution in [3.05, 3.63) is 34.9 Å². The molecule has 0 saturated heterocycles. The lowest BCUT2D eigenvalue weighted by Gasteiger charge is -2.08. The van der Waals surface area contributed by atoms with Crippen molar-refractivity contribution in [2.24, 2.45) is 0 Å². The quantitative estimate of drug-likeness (QED) is 0.714. The van der Waals surface area contributed by atoms with Crippen molar-refractivity contribution in [3.63, 3.8) is 0 Å². The van der Waals surface area contributed by atoms with Gasteiger partial charge in [0.2, 0.25) is 0 Å². The molecule has 0 heterocycles. The standard InChI is InChI=1S/C14H23NO/c1-4-15-8-10-16-9-7-14-11-12(2)5-6-13(14)3/h5-6,11,15H,4,7-10H2,1-3H3. The van der Waals surface area contributed by atoms with Crippen LogP contribution in [0.5, 0.6) is 0 Å². The summed E-state index contributed by atoms with van der Waals surface area (Å²) in [6.45, 7) is 9.98. The van der Waals surface area contributed by atoms with Crippen LogP contribution < -0.4 is 5.32 Å². The Kier molecular flexibility index (Phi) is 6.12. The SMILES string of the molecule is CCNCCOCCc1cc(C)ccc1C. The van der Waals surface area contributed by atoms with Crippen molar-refractivity contribution in [2.45, 2.75) is 27.2 Å². The molecular weight excluding hydrogens is 198 g/mol. The van der Waals surface area contributed by atoms with Crippen LogP contribution in [-0.2, 0) is 11.2 Å². The number of likely N-dealkylation sites (N-methyl/N-ethyl adjacent to an activating group) is 1. The van der Waals surface area contributed by atoms with Crippen LogP contribution in [0.25, 0.3) is 0 Å². The molecule has 0 aliphatic heterocycles. The van der Waals surface area contributed by atoms with Crippen LogP contribution in [0.3, 0.4) is 0 Å². The van der Waals surface area contributed by atoms with E-state index in [2.05, 4.69) is 44.3 Å². The monoisotopic (exact) mass is 221 g/mol. The molecule has 0 radical (unpaired) electrons. The predicted octanol–water partition coefficient (Wildman–Crippen LogP) is 2.47. The summed E-state index contributed by atoms with van der Waals surface area (Å²) in [4.78, 5) is 0. The molecule has 1 aromatic rings. The maximum absolute atomic E-state index is 5.57. The van der Waals surface area contributed by atoms with Gasteiger partial charge in [-0.05, 0) is 37.9 Å². The second-order valence-electron chi connectivity index (χ2n) is 4.15. The summed E-state index contributed by atoms with van der Waals surface area (Å²) in [5.41, 5.74) is 4.09. The fraction of sp³-hybridized carbons (Fsp3) is 0.571. The fourth-order valence-electron chi connectivity index (χ4n) is 1.67. The molecule has 0 fully saturated rings. The van der Waals surface area contributed by atoms with Crippen LogP contribution in [0, 0.1) is 13.8 Å². The molecule has 0 atom stereocenters. The predicted molar refractivity (Wildman–Crippen MR) is 69.0 cm³/mol. The van der Waals surface area contributed by atoms with Crippen molar-refractivity contribution in [3.8, 4) is 0 Å². The molecule has 0 unspecified atom stereocenters. The Morgan fingerprint density at radius 3 is 2.75 bits per heavy atom. The number of benzene rings is 1. The molecule has 1 aromatic carbocycles. The molecule has 2 nitrogen and oxygen atoms in total. The normalized spacial score (nSPS) is 10.7. The van der Waals surface area contributed by atoms with E-state index < -0.39 is 0 Å². The first kappa shape index (κ1) is 13.2. The molecule has 1 N–H and O–H groups in total. The summed E-state index contributed by atoms with van der Waals surface area (Å²) in [6.07, 6.45) is 1.01. The number of nitrogens with one attached hydrogen (secondary N) is 1. The summed E-state index contributed by atoms with van der Waals surface area (Å²) < 4.78 is 5.57. The lowest BCUT2D eigenvalue weighted by molar-refractivity contribution is 0.139. The van der Waals surface area contributed by atoms with Gasteiger partial charge in [0.1, 0.15) is 0 Å². The Balaban J connectivity index is 2.23. The molecule has 0 amide bonds. The zero-order chi connectivity index (χ0) is 11.8. The smallest absolute Gasteiger partial charge is 0.0591 e. The first-order valence-corrected chi connectivity index (χ1v) is 6.08. The average Bonchev–Trinajstić information content (AvgIpc) is 2.28. The molecular formula is C14H23NO. The molecule has 90 valence electrons. The molecule has 2 heteroatoms. The Labute approximate surface area is 99.0 Å². The highest BCUT2D eigenvalue weighted by Gasteiger charge is 1.98. The first-order valence-electron chi connectivity index (χ1n) is 6.08. The summed E-state index contributed by atoms with van der Waals surface area (Å²) in [5, 5.41) is 3.24. The average molecular weight is 221 g/mol. The lowest BCUT2D eigenvalue weighted by Crippen LogP contribution is -2.19.